The Morgan fingerprint density at radius 1 is 1.43 bits per heavy atom. The first-order chi connectivity index (χ1) is 10.2. The van der Waals surface area contributed by atoms with Crippen molar-refractivity contribution in [2.75, 3.05) is 17.8 Å². The highest BCUT2D eigenvalue weighted by Crippen LogP contribution is 2.38. The summed E-state index contributed by atoms with van der Waals surface area (Å²) in [6.45, 7) is 2.25. The number of carbonyl (C=O) groups is 1. The number of thiazole rings is 1. The van der Waals surface area contributed by atoms with E-state index in [1.807, 2.05) is 0 Å². The normalized spacial score (nSPS) is 12.4. The van der Waals surface area contributed by atoms with Crippen LogP contribution in [-0.4, -0.2) is 17.7 Å². The van der Waals surface area contributed by atoms with Crippen molar-refractivity contribution in [1.29, 1.82) is 0 Å². The number of nitrogen functional groups attached to an aromatic ring is 1. The van der Waals surface area contributed by atoms with E-state index < -0.39 is 0 Å². The number of nitrogens with two attached hydrogens (primary N) is 1. The summed E-state index contributed by atoms with van der Waals surface area (Å²) in [5.41, 5.74) is 6.86. The van der Waals surface area contributed by atoms with E-state index in [9.17, 15) is 4.79 Å². The molecule has 0 fully saturated rings. The number of nitrogens with zero attached hydrogens (tertiary/aromatic N) is 1. The summed E-state index contributed by atoms with van der Waals surface area (Å²) in [4.78, 5) is 17.0. The molecule has 0 saturated carbocycles. The van der Waals surface area contributed by atoms with Gasteiger partial charge in [0, 0.05) is 12.1 Å². The Balaban J connectivity index is 1.78. The van der Waals surface area contributed by atoms with Gasteiger partial charge >= 0.3 is 0 Å². The molecule has 6 nitrogen and oxygen atoms in total. The van der Waals surface area contributed by atoms with Crippen LogP contribution in [0.5, 0.6) is 11.5 Å². The molecular formula is C14H15N3O3S. The first kappa shape index (κ1) is 13.7. The number of anilines is 2. The molecule has 0 aliphatic carbocycles. The minimum absolute atomic E-state index is 0.168. The van der Waals surface area contributed by atoms with Crippen LogP contribution < -0.4 is 20.5 Å². The van der Waals surface area contributed by atoms with Gasteiger partial charge in [-0.05, 0) is 12.8 Å². The Hall–Kier alpha value is -2.28. The first-order valence-corrected chi connectivity index (χ1v) is 7.44. The van der Waals surface area contributed by atoms with Crippen LogP contribution in [0, 0.1) is 0 Å². The van der Waals surface area contributed by atoms with Gasteiger partial charge in [-0.3, -0.25) is 4.79 Å². The molecule has 1 aliphatic heterocycles. The van der Waals surface area contributed by atoms with Crippen LogP contribution in [0.4, 0.5) is 11.4 Å². The van der Waals surface area contributed by atoms with Gasteiger partial charge < -0.3 is 20.5 Å². The lowest BCUT2D eigenvalue weighted by Crippen LogP contribution is -2.11. The fourth-order valence-corrected chi connectivity index (χ4v) is 2.91. The van der Waals surface area contributed by atoms with Gasteiger partial charge in [-0.2, -0.15) is 0 Å². The number of carbonyl (C=O) groups excluding carboxylic acids is 1. The van der Waals surface area contributed by atoms with Crippen LogP contribution in [0.3, 0.4) is 0 Å². The van der Waals surface area contributed by atoms with Gasteiger partial charge in [0.05, 0.1) is 22.6 Å². The molecule has 110 valence electrons. The molecule has 21 heavy (non-hydrogen) atoms. The van der Waals surface area contributed by atoms with Gasteiger partial charge in [0.1, 0.15) is 4.88 Å². The molecule has 3 rings (SSSR count). The number of rotatable bonds is 4. The van der Waals surface area contributed by atoms with E-state index in [2.05, 4.69) is 17.2 Å². The van der Waals surface area contributed by atoms with Crippen LogP contribution in [0.15, 0.2) is 18.3 Å². The van der Waals surface area contributed by atoms with Crippen molar-refractivity contribution in [2.45, 2.75) is 19.8 Å². The topological polar surface area (TPSA) is 86.5 Å². The van der Waals surface area contributed by atoms with Crippen LogP contribution >= 0.6 is 11.3 Å². The number of aromatic nitrogens is 1. The molecule has 2 heterocycles. The third-order valence-electron chi connectivity index (χ3n) is 3.03. The Morgan fingerprint density at radius 2 is 2.19 bits per heavy atom. The molecular weight excluding hydrogens is 290 g/mol. The largest absolute Gasteiger partial charge is 0.454 e. The maximum absolute atomic E-state index is 12.2. The van der Waals surface area contributed by atoms with Crippen LogP contribution in [0.2, 0.25) is 0 Å². The number of nitrogens with one attached hydrogen (secondary N) is 1. The van der Waals surface area contributed by atoms with Crippen LogP contribution in [0.1, 0.15) is 28.0 Å². The predicted molar refractivity (Wildman–Crippen MR) is 81.0 cm³/mol. The van der Waals surface area contributed by atoms with Crippen LogP contribution in [-0.2, 0) is 6.42 Å². The quantitative estimate of drug-likeness (QED) is 0.848. The molecule has 0 bridgehead atoms. The van der Waals surface area contributed by atoms with E-state index in [-0.39, 0.29) is 12.7 Å². The Bertz CT molecular complexity index is 684. The fourth-order valence-electron chi connectivity index (χ4n) is 1.99. The zero-order valence-corrected chi connectivity index (χ0v) is 12.3. The van der Waals surface area contributed by atoms with Crippen molar-refractivity contribution in [2.24, 2.45) is 0 Å². The van der Waals surface area contributed by atoms with E-state index in [4.69, 9.17) is 15.2 Å². The maximum Gasteiger partial charge on any atom is 0.267 e. The van der Waals surface area contributed by atoms with E-state index in [1.54, 1.807) is 18.3 Å². The molecule has 0 radical (unpaired) electrons. The van der Waals surface area contributed by atoms with Gasteiger partial charge in [-0.1, -0.05) is 6.92 Å². The van der Waals surface area contributed by atoms with Crippen LogP contribution in [0.25, 0.3) is 0 Å². The predicted octanol–water partition coefficient (Wildman–Crippen LogP) is 2.66. The average molecular weight is 305 g/mol. The standard InChI is InChI=1S/C14H15N3O3S/c1-2-3-13-16-6-12(21-13)14(18)17-9-5-11-10(4-8(9)15)19-7-20-11/h4-6H,2-3,7,15H2,1H3,(H,17,18). The highest BCUT2D eigenvalue weighted by Gasteiger charge is 2.18. The third kappa shape index (κ3) is 2.78. The Labute approximate surface area is 125 Å². The molecule has 0 spiro atoms. The summed E-state index contributed by atoms with van der Waals surface area (Å²) in [5.74, 6) is 0.949. The maximum atomic E-state index is 12.2. The van der Waals surface area contributed by atoms with Crippen molar-refractivity contribution < 1.29 is 14.3 Å². The van der Waals surface area contributed by atoms with Crippen molar-refractivity contribution in [3.63, 3.8) is 0 Å². The third-order valence-corrected chi connectivity index (χ3v) is 4.09. The summed E-state index contributed by atoms with van der Waals surface area (Å²) >= 11 is 1.40. The zero-order valence-electron chi connectivity index (χ0n) is 11.5. The number of amides is 1. The SMILES string of the molecule is CCCc1ncc(C(=O)Nc2cc3c(cc2N)OCO3)s1. The number of aryl methyl sites for hydroxylation is 1. The summed E-state index contributed by atoms with van der Waals surface area (Å²) < 4.78 is 10.5. The number of hydrogen-bond acceptors (Lipinski definition) is 6. The number of benzene rings is 1. The number of ether oxygens (including phenoxy) is 2. The Kier molecular flexibility index (Phi) is 3.66. The van der Waals surface area contributed by atoms with Gasteiger partial charge in [0.15, 0.2) is 11.5 Å². The first-order valence-electron chi connectivity index (χ1n) is 6.62. The molecule has 1 aromatic heterocycles. The molecule has 0 saturated heterocycles. The summed E-state index contributed by atoms with van der Waals surface area (Å²) in [7, 11) is 0. The van der Waals surface area contributed by atoms with Crippen molar-refractivity contribution in [3.05, 3.63) is 28.2 Å². The molecule has 1 aliphatic rings. The van der Waals surface area contributed by atoms with Gasteiger partial charge in [0.25, 0.3) is 5.91 Å². The second kappa shape index (κ2) is 5.61. The fraction of sp³-hybridized carbons (Fsp3) is 0.286. The molecule has 1 aromatic carbocycles. The van der Waals surface area contributed by atoms with Gasteiger partial charge in [0.2, 0.25) is 6.79 Å². The molecule has 3 N–H and O–H groups in total. The Morgan fingerprint density at radius 3 is 2.95 bits per heavy atom. The zero-order chi connectivity index (χ0) is 14.8. The molecule has 7 heteroatoms. The van der Waals surface area contributed by atoms with Crippen molar-refractivity contribution in [3.8, 4) is 11.5 Å². The molecule has 1 amide bonds. The van der Waals surface area contributed by atoms with Crippen molar-refractivity contribution >= 4 is 28.6 Å². The van der Waals surface area contributed by atoms with E-state index >= 15 is 0 Å². The lowest BCUT2D eigenvalue weighted by molar-refractivity contribution is 0.103. The van der Waals surface area contributed by atoms with E-state index in [0.717, 1.165) is 17.8 Å². The monoisotopic (exact) mass is 305 g/mol. The summed E-state index contributed by atoms with van der Waals surface area (Å²) in [6.07, 6.45) is 3.47. The van der Waals surface area contributed by atoms with E-state index in [1.165, 1.54) is 11.3 Å². The molecule has 0 atom stereocenters. The summed E-state index contributed by atoms with van der Waals surface area (Å²) in [6, 6.07) is 3.32. The summed E-state index contributed by atoms with van der Waals surface area (Å²) in [5, 5.41) is 3.74. The average Bonchev–Trinajstić information content (AvgIpc) is 3.08. The lowest BCUT2D eigenvalue weighted by atomic mass is 10.2. The number of fused-ring (bicyclic) bond motifs is 1. The lowest BCUT2D eigenvalue weighted by Gasteiger charge is -2.08. The van der Waals surface area contributed by atoms with E-state index in [0.29, 0.717) is 27.8 Å². The number of hydrogen-bond donors (Lipinski definition) is 2. The van der Waals surface area contributed by atoms with Crippen molar-refractivity contribution in [1.82, 2.24) is 4.98 Å². The molecule has 2 aromatic rings. The second-order valence-corrected chi connectivity index (χ2v) is 5.73. The highest BCUT2D eigenvalue weighted by atomic mass is 32.1. The molecule has 0 unspecified atom stereocenters. The highest BCUT2D eigenvalue weighted by molar-refractivity contribution is 7.13. The smallest absolute Gasteiger partial charge is 0.267 e. The minimum atomic E-state index is -0.222. The van der Waals surface area contributed by atoms with Gasteiger partial charge in [-0.25, -0.2) is 4.98 Å². The second-order valence-electron chi connectivity index (χ2n) is 4.62. The van der Waals surface area contributed by atoms with Gasteiger partial charge in [-0.15, -0.1) is 11.3 Å². The minimum Gasteiger partial charge on any atom is -0.454 e.